The molecule has 0 aromatic heterocycles. The Hall–Kier alpha value is 0.580. The van der Waals surface area contributed by atoms with Crippen molar-refractivity contribution in [1.29, 1.82) is 0 Å². The molecular weight excluding hydrogens is 240 g/mol. The van der Waals surface area contributed by atoms with Crippen molar-refractivity contribution in [3.63, 3.8) is 0 Å². The van der Waals surface area contributed by atoms with E-state index in [0.29, 0.717) is 11.3 Å². The molecule has 2 rings (SSSR count). The minimum absolute atomic E-state index is 0.422. The summed E-state index contributed by atoms with van der Waals surface area (Å²) in [7, 11) is 3.67. The van der Waals surface area contributed by atoms with Crippen molar-refractivity contribution in [3.05, 3.63) is 0 Å². The molecular formula is C11H22N2OS2. The van der Waals surface area contributed by atoms with Crippen LogP contribution in [0.15, 0.2) is 0 Å². The molecule has 0 aromatic rings. The molecule has 1 N–H and O–H groups in total. The van der Waals surface area contributed by atoms with Crippen LogP contribution in [0.2, 0.25) is 0 Å². The Morgan fingerprint density at radius 2 is 2.19 bits per heavy atom. The van der Waals surface area contributed by atoms with Gasteiger partial charge in [-0.1, -0.05) is 10.8 Å². The summed E-state index contributed by atoms with van der Waals surface area (Å²) in [5, 5.41) is 10.9. The molecule has 0 bridgehead atoms. The topological polar surface area (TPSA) is 26.7 Å². The van der Waals surface area contributed by atoms with E-state index in [-0.39, 0.29) is 0 Å². The van der Waals surface area contributed by atoms with E-state index in [1.54, 1.807) is 10.8 Å². The molecule has 0 aliphatic carbocycles. The summed E-state index contributed by atoms with van der Waals surface area (Å²) in [6.07, 6.45) is 2.38. The summed E-state index contributed by atoms with van der Waals surface area (Å²) in [6.45, 7) is 6.05. The summed E-state index contributed by atoms with van der Waals surface area (Å²) in [4.78, 5) is 4.64. The first kappa shape index (κ1) is 13.0. The second-order valence-electron chi connectivity index (χ2n) is 5.31. The minimum atomic E-state index is -0.422. The van der Waals surface area contributed by atoms with Gasteiger partial charge in [-0.05, 0) is 33.4 Å². The summed E-state index contributed by atoms with van der Waals surface area (Å²) in [5.74, 6) is 0.445. The van der Waals surface area contributed by atoms with Gasteiger partial charge < -0.3 is 10.0 Å². The third kappa shape index (κ3) is 2.53. The fraction of sp³-hybridized carbons (Fsp3) is 1.00. The van der Waals surface area contributed by atoms with Gasteiger partial charge in [0.15, 0.2) is 0 Å². The van der Waals surface area contributed by atoms with Crippen molar-refractivity contribution in [2.75, 3.05) is 33.2 Å². The Morgan fingerprint density at radius 3 is 2.75 bits per heavy atom. The van der Waals surface area contributed by atoms with Crippen molar-refractivity contribution >= 4 is 22.5 Å². The first-order valence-electron chi connectivity index (χ1n) is 6.00. The Bertz CT molecular complexity index is 246. The first-order valence-corrected chi connectivity index (χ1v) is 7.93. The maximum Gasteiger partial charge on any atom is 0.0940 e. The third-order valence-corrected chi connectivity index (χ3v) is 5.49. The van der Waals surface area contributed by atoms with Gasteiger partial charge in [-0.2, -0.15) is 0 Å². The lowest BCUT2D eigenvalue weighted by molar-refractivity contribution is -0.140. The smallest absolute Gasteiger partial charge is 0.0940 e. The molecule has 0 amide bonds. The molecule has 2 aliphatic rings. The van der Waals surface area contributed by atoms with Gasteiger partial charge >= 0.3 is 0 Å². The van der Waals surface area contributed by atoms with E-state index in [1.165, 1.54) is 12.8 Å². The molecule has 2 atom stereocenters. The predicted octanol–water partition coefficient (Wildman–Crippen LogP) is 1.30. The van der Waals surface area contributed by atoms with Crippen molar-refractivity contribution in [2.45, 2.75) is 30.7 Å². The van der Waals surface area contributed by atoms with Crippen LogP contribution in [0.1, 0.15) is 19.8 Å². The number of likely N-dealkylation sites (N-methyl/N-ethyl adjacent to an activating group) is 1. The maximum absolute atomic E-state index is 10.5. The van der Waals surface area contributed by atoms with Gasteiger partial charge in [0.25, 0.3) is 0 Å². The lowest BCUT2D eigenvalue weighted by Gasteiger charge is -2.52. The molecule has 2 unspecified atom stereocenters. The first-order chi connectivity index (χ1) is 7.55. The second-order valence-corrected chi connectivity index (χ2v) is 6.84. The Labute approximate surface area is 107 Å². The van der Waals surface area contributed by atoms with Gasteiger partial charge in [-0.3, -0.25) is 4.90 Å². The molecule has 0 spiro atoms. The Balaban J connectivity index is 1.92. The number of rotatable bonds is 3. The monoisotopic (exact) mass is 262 g/mol. The van der Waals surface area contributed by atoms with E-state index in [0.717, 1.165) is 26.2 Å². The molecule has 0 radical (unpaired) electrons. The molecule has 2 fully saturated rings. The van der Waals surface area contributed by atoms with Crippen LogP contribution in [-0.4, -0.2) is 59.1 Å². The van der Waals surface area contributed by atoms with Gasteiger partial charge in [-0.15, -0.1) is 11.7 Å². The van der Waals surface area contributed by atoms with E-state index in [2.05, 4.69) is 35.4 Å². The van der Waals surface area contributed by atoms with Crippen molar-refractivity contribution < 1.29 is 5.11 Å². The van der Waals surface area contributed by atoms with Gasteiger partial charge in [-0.25, -0.2) is 0 Å². The lowest BCUT2D eigenvalue weighted by Crippen LogP contribution is -2.66. The second kappa shape index (κ2) is 5.06. The number of nitrogens with zero attached hydrogens (tertiary/aromatic N) is 2. The highest BCUT2D eigenvalue weighted by Crippen LogP contribution is 2.35. The highest BCUT2D eigenvalue weighted by Gasteiger charge is 2.47. The van der Waals surface area contributed by atoms with Gasteiger partial charge in [0.1, 0.15) is 0 Å². The number of piperidine rings is 1. The fourth-order valence-corrected chi connectivity index (χ4v) is 3.71. The molecule has 94 valence electrons. The molecule has 2 saturated heterocycles. The van der Waals surface area contributed by atoms with Gasteiger partial charge in [0, 0.05) is 25.6 Å². The zero-order valence-electron chi connectivity index (χ0n) is 10.1. The summed E-state index contributed by atoms with van der Waals surface area (Å²) >= 11 is 4.28. The normalized spacial score (nSPS) is 33.4. The van der Waals surface area contributed by atoms with Crippen LogP contribution in [0.3, 0.4) is 0 Å². The van der Waals surface area contributed by atoms with Crippen molar-refractivity contribution in [2.24, 2.45) is 5.92 Å². The number of hydrogen-bond acceptors (Lipinski definition) is 5. The maximum atomic E-state index is 10.5. The zero-order valence-corrected chi connectivity index (χ0v) is 11.8. The average Bonchev–Trinajstić information content (AvgIpc) is 2.26. The SMILES string of the molecule is CC(SS)N1CCCC(C2(O)CN(C)C2)C1. The third-order valence-electron chi connectivity index (χ3n) is 3.97. The largest absolute Gasteiger partial charge is 0.387 e. The fourth-order valence-electron chi connectivity index (χ4n) is 2.99. The van der Waals surface area contributed by atoms with Crippen LogP contribution >= 0.6 is 22.5 Å². The Morgan fingerprint density at radius 1 is 1.50 bits per heavy atom. The minimum Gasteiger partial charge on any atom is -0.387 e. The molecule has 16 heavy (non-hydrogen) atoms. The van der Waals surface area contributed by atoms with Crippen LogP contribution in [0.25, 0.3) is 0 Å². The van der Waals surface area contributed by atoms with Crippen molar-refractivity contribution in [1.82, 2.24) is 9.80 Å². The number of likely N-dealkylation sites (tertiary alicyclic amines) is 2. The zero-order chi connectivity index (χ0) is 11.8. The highest BCUT2D eigenvalue weighted by molar-refractivity contribution is 8.68. The quantitative estimate of drug-likeness (QED) is 0.592. The lowest BCUT2D eigenvalue weighted by atomic mass is 9.76. The molecule has 0 saturated carbocycles. The van der Waals surface area contributed by atoms with Gasteiger partial charge in [0.05, 0.1) is 11.0 Å². The van der Waals surface area contributed by atoms with E-state index < -0.39 is 5.60 Å². The number of thiol groups is 1. The Kier molecular flexibility index (Phi) is 4.12. The van der Waals surface area contributed by atoms with E-state index in [1.807, 2.05) is 0 Å². The van der Waals surface area contributed by atoms with Crippen LogP contribution < -0.4 is 0 Å². The highest BCUT2D eigenvalue weighted by atomic mass is 33.1. The van der Waals surface area contributed by atoms with Crippen LogP contribution in [0.4, 0.5) is 0 Å². The summed E-state index contributed by atoms with van der Waals surface area (Å²) < 4.78 is 0. The van der Waals surface area contributed by atoms with Crippen LogP contribution in [-0.2, 0) is 0 Å². The number of aliphatic hydroxyl groups is 1. The van der Waals surface area contributed by atoms with E-state index in [4.69, 9.17) is 0 Å². The molecule has 0 aromatic carbocycles. The molecule has 5 heteroatoms. The summed E-state index contributed by atoms with van der Waals surface area (Å²) in [6, 6.07) is 0. The summed E-state index contributed by atoms with van der Waals surface area (Å²) in [5.41, 5.74) is -0.422. The number of β-amino-alcohol motifs (C(OH)–C–C–N with tert-alkyl or cyclic N) is 1. The van der Waals surface area contributed by atoms with E-state index in [9.17, 15) is 5.11 Å². The average molecular weight is 262 g/mol. The molecule has 2 aliphatic heterocycles. The molecule has 2 heterocycles. The predicted molar refractivity (Wildman–Crippen MR) is 72.8 cm³/mol. The van der Waals surface area contributed by atoms with E-state index >= 15 is 0 Å². The van der Waals surface area contributed by atoms with Crippen LogP contribution in [0, 0.1) is 5.92 Å². The number of hydrogen-bond donors (Lipinski definition) is 2. The molecule has 3 nitrogen and oxygen atoms in total. The van der Waals surface area contributed by atoms with Crippen molar-refractivity contribution in [3.8, 4) is 0 Å². The van der Waals surface area contributed by atoms with Crippen LogP contribution in [0.5, 0.6) is 0 Å². The van der Waals surface area contributed by atoms with Gasteiger partial charge in [0.2, 0.25) is 0 Å². The standard InChI is InChI=1S/C11H22N2OS2/c1-9(16-15)13-5-3-4-10(6-13)11(14)7-12(2)8-11/h9-10,14-15H,3-8H2,1-2H3.